The molecule has 2 unspecified atom stereocenters. The molecule has 0 N–H and O–H groups in total. The first-order chi connectivity index (χ1) is 10.3. The maximum Gasteiger partial charge on any atom is 0.00978 e. The van der Waals surface area contributed by atoms with Crippen molar-refractivity contribution in [3.8, 4) is 0 Å². The van der Waals surface area contributed by atoms with Gasteiger partial charge in [0.1, 0.15) is 0 Å². The van der Waals surface area contributed by atoms with Crippen LogP contribution in [0.1, 0.15) is 69.4 Å². The van der Waals surface area contributed by atoms with Gasteiger partial charge in [-0.15, -0.1) is 0 Å². The van der Waals surface area contributed by atoms with E-state index in [1.54, 1.807) is 11.1 Å². The zero-order chi connectivity index (χ0) is 14.7. The summed E-state index contributed by atoms with van der Waals surface area (Å²) in [5, 5.41) is 0. The molecule has 0 bridgehead atoms. The van der Waals surface area contributed by atoms with Crippen LogP contribution in [-0.2, 0) is 6.42 Å². The minimum atomic E-state index is 0.804. The number of rotatable bonds is 3. The van der Waals surface area contributed by atoms with E-state index >= 15 is 0 Å². The van der Waals surface area contributed by atoms with E-state index in [0.717, 1.165) is 17.9 Å². The Morgan fingerprint density at radius 1 is 1.05 bits per heavy atom. The molecule has 2 aliphatic rings. The average Bonchev–Trinajstić information content (AvgIpc) is 2.55. The van der Waals surface area contributed by atoms with Gasteiger partial charge in [0.15, 0.2) is 0 Å². The molecule has 0 aromatic heterocycles. The molecule has 3 rings (SSSR count). The minimum absolute atomic E-state index is 0.804. The van der Waals surface area contributed by atoms with Crippen LogP contribution < -0.4 is 0 Å². The third-order valence-corrected chi connectivity index (χ3v) is 5.83. The van der Waals surface area contributed by atoms with Crippen molar-refractivity contribution < 1.29 is 0 Å². The summed E-state index contributed by atoms with van der Waals surface area (Å²) in [4.78, 5) is 2.81. The fourth-order valence-electron chi connectivity index (χ4n) is 4.56. The third kappa shape index (κ3) is 3.51. The maximum atomic E-state index is 2.81. The van der Waals surface area contributed by atoms with Crippen LogP contribution in [0.15, 0.2) is 24.3 Å². The highest BCUT2D eigenvalue weighted by Crippen LogP contribution is 2.34. The second-order valence-corrected chi connectivity index (χ2v) is 7.29. The lowest BCUT2D eigenvalue weighted by molar-refractivity contribution is 0.105. The second-order valence-electron chi connectivity index (χ2n) is 7.29. The molecular formula is C20H31N. The van der Waals surface area contributed by atoms with Crippen molar-refractivity contribution in [3.05, 3.63) is 35.4 Å². The van der Waals surface area contributed by atoms with E-state index < -0.39 is 0 Å². The van der Waals surface area contributed by atoms with Gasteiger partial charge in [-0.1, -0.05) is 51.0 Å². The van der Waals surface area contributed by atoms with Crippen molar-refractivity contribution in [2.75, 3.05) is 13.1 Å². The zero-order valence-corrected chi connectivity index (χ0v) is 13.9. The molecule has 1 nitrogen and oxygen atoms in total. The quantitative estimate of drug-likeness (QED) is 0.755. The van der Waals surface area contributed by atoms with Crippen LogP contribution in [0.25, 0.3) is 0 Å². The Hall–Kier alpha value is -0.820. The monoisotopic (exact) mass is 285 g/mol. The number of hydrogen-bond donors (Lipinski definition) is 0. The number of aryl methyl sites for hydroxylation is 1. The zero-order valence-electron chi connectivity index (χ0n) is 13.9. The molecule has 116 valence electrons. The van der Waals surface area contributed by atoms with E-state index in [-0.39, 0.29) is 0 Å². The summed E-state index contributed by atoms with van der Waals surface area (Å²) >= 11 is 0. The van der Waals surface area contributed by atoms with Crippen molar-refractivity contribution in [2.45, 2.75) is 70.8 Å². The van der Waals surface area contributed by atoms with Gasteiger partial charge in [-0.2, -0.15) is 0 Å². The van der Waals surface area contributed by atoms with Gasteiger partial charge < -0.3 is 4.90 Å². The highest BCUT2D eigenvalue weighted by atomic mass is 15.2. The SMILES string of the molecule is CCc1ccccc1C1CCN(C2CCCC(C)C2)CC1. The van der Waals surface area contributed by atoms with Gasteiger partial charge in [0, 0.05) is 6.04 Å². The van der Waals surface area contributed by atoms with E-state index in [4.69, 9.17) is 0 Å². The molecular weight excluding hydrogens is 254 g/mol. The smallest absolute Gasteiger partial charge is 0.00978 e. The molecule has 1 aliphatic carbocycles. The highest BCUT2D eigenvalue weighted by molar-refractivity contribution is 5.30. The van der Waals surface area contributed by atoms with E-state index in [9.17, 15) is 0 Å². The maximum absolute atomic E-state index is 2.81. The Labute approximate surface area is 130 Å². The largest absolute Gasteiger partial charge is 0.300 e. The van der Waals surface area contributed by atoms with E-state index in [0.29, 0.717) is 0 Å². The van der Waals surface area contributed by atoms with Gasteiger partial charge >= 0.3 is 0 Å². The Bertz CT molecular complexity index is 445. The first-order valence-corrected chi connectivity index (χ1v) is 9.09. The fraction of sp³-hybridized carbons (Fsp3) is 0.700. The highest BCUT2D eigenvalue weighted by Gasteiger charge is 2.29. The van der Waals surface area contributed by atoms with Crippen LogP contribution >= 0.6 is 0 Å². The summed E-state index contributed by atoms with van der Waals surface area (Å²) in [5.41, 5.74) is 3.21. The number of likely N-dealkylation sites (tertiary alicyclic amines) is 1. The van der Waals surface area contributed by atoms with E-state index in [1.807, 2.05) is 0 Å². The lowest BCUT2D eigenvalue weighted by Gasteiger charge is -2.41. The molecule has 21 heavy (non-hydrogen) atoms. The van der Waals surface area contributed by atoms with Crippen LogP contribution in [0.5, 0.6) is 0 Å². The molecule has 1 heteroatoms. The first kappa shape index (κ1) is 15.1. The van der Waals surface area contributed by atoms with Crippen LogP contribution in [0.4, 0.5) is 0 Å². The van der Waals surface area contributed by atoms with Crippen LogP contribution in [0.3, 0.4) is 0 Å². The molecule has 2 atom stereocenters. The topological polar surface area (TPSA) is 3.24 Å². The molecule has 1 saturated heterocycles. The molecule has 1 aromatic rings. The van der Waals surface area contributed by atoms with E-state index in [2.05, 4.69) is 43.0 Å². The van der Waals surface area contributed by atoms with Crippen molar-refractivity contribution in [1.82, 2.24) is 4.90 Å². The molecule has 1 aliphatic heterocycles. The van der Waals surface area contributed by atoms with Crippen LogP contribution in [0, 0.1) is 5.92 Å². The second kappa shape index (κ2) is 6.96. The molecule has 2 fully saturated rings. The average molecular weight is 285 g/mol. The number of benzene rings is 1. The Morgan fingerprint density at radius 3 is 2.52 bits per heavy atom. The van der Waals surface area contributed by atoms with Gasteiger partial charge in [0.2, 0.25) is 0 Å². The summed E-state index contributed by atoms with van der Waals surface area (Å²) in [6.45, 7) is 7.37. The summed E-state index contributed by atoms with van der Waals surface area (Å²) < 4.78 is 0. The molecule has 0 spiro atoms. The van der Waals surface area contributed by atoms with Gasteiger partial charge in [-0.05, 0) is 68.2 Å². The first-order valence-electron chi connectivity index (χ1n) is 9.09. The Morgan fingerprint density at radius 2 is 1.81 bits per heavy atom. The lowest BCUT2D eigenvalue weighted by Crippen LogP contribution is -2.43. The van der Waals surface area contributed by atoms with Gasteiger partial charge in [0.05, 0.1) is 0 Å². The Balaban J connectivity index is 1.60. The normalized spacial score (nSPS) is 28.7. The standard InChI is InChI=1S/C20H31N/c1-3-17-8-4-5-10-20(17)18-11-13-21(14-12-18)19-9-6-7-16(2)15-19/h4-5,8,10,16,18-19H,3,6-7,9,11-15H2,1-2H3. The molecule has 1 saturated carbocycles. The van der Waals surface area contributed by atoms with E-state index in [1.165, 1.54) is 58.0 Å². The van der Waals surface area contributed by atoms with Gasteiger partial charge in [-0.3, -0.25) is 0 Å². The fourth-order valence-corrected chi connectivity index (χ4v) is 4.56. The lowest BCUT2D eigenvalue weighted by atomic mass is 9.82. The van der Waals surface area contributed by atoms with Crippen LogP contribution in [-0.4, -0.2) is 24.0 Å². The van der Waals surface area contributed by atoms with Gasteiger partial charge in [0.25, 0.3) is 0 Å². The molecule has 0 radical (unpaired) electrons. The van der Waals surface area contributed by atoms with Crippen molar-refractivity contribution in [3.63, 3.8) is 0 Å². The number of piperidine rings is 1. The van der Waals surface area contributed by atoms with Crippen molar-refractivity contribution >= 4 is 0 Å². The predicted molar refractivity (Wildman–Crippen MR) is 90.8 cm³/mol. The van der Waals surface area contributed by atoms with Crippen molar-refractivity contribution in [1.29, 1.82) is 0 Å². The molecule has 0 amide bonds. The van der Waals surface area contributed by atoms with Gasteiger partial charge in [-0.25, -0.2) is 0 Å². The van der Waals surface area contributed by atoms with Crippen molar-refractivity contribution in [2.24, 2.45) is 5.92 Å². The summed E-state index contributed by atoms with van der Waals surface area (Å²) in [6.07, 6.45) is 9.69. The predicted octanol–water partition coefficient (Wildman–Crippen LogP) is 5.01. The molecule has 1 heterocycles. The number of nitrogens with zero attached hydrogens (tertiary/aromatic N) is 1. The third-order valence-electron chi connectivity index (χ3n) is 5.83. The summed E-state index contributed by atoms with van der Waals surface area (Å²) in [6, 6.07) is 10.0. The molecule has 1 aromatic carbocycles. The Kier molecular flexibility index (Phi) is 5.00. The minimum Gasteiger partial charge on any atom is -0.300 e. The number of hydrogen-bond acceptors (Lipinski definition) is 1. The van der Waals surface area contributed by atoms with Crippen LogP contribution in [0.2, 0.25) is 0 Å². The summed E-state index contributed by atoms with van der Waals surface area (Å²) in [7, 11) is 0. The summed E-state index contributed by atoms with van der Waals surface area (Å²) in [5.74, 6) is 1.75.